The minimum atomic E-state index is -0.0700. The van der Waals surface area contributed by atoms with Gasteiger partial charge in [0.25, 0.3) is 5.91 Å². The number of carbonyl (C=O) groups is 1. The summed E-state index contributed by atoms with van der Waals surface area (Å²) in [5.41, 5.74) is 8.78. The lowest BCUT2D eigenvalue weighted by Gasteiger charge is -2.23. The predicted octanol–water partition coefficient (Wildman–Crippen LogP) is 1.98. The first-order valence-corrected chi connectivity index (χ1v) is 8.05. The number of nitrogen functional groups attached to an aromatic ring is 1. The molecular formula is C15H20N4OS. The second-order valence-electron chi connectivity index (χ2n) is 5.60. The predicted molar refractivity (Wildman–Crippen MR) is 86.9 cm³/mol. The van der Waals surface area contributed by atoms with Crippen molar-refractivity contribution in [2.45, 2.75) is 32.7 Å². The molecule has 0 saturated carbocycles. The number of nitrogens with two attached hydrogens (primary N) is 1. The van der Waals surface area contributed by atoms with Crippen LogP contribution >= 0.6 is 11.3 Å². The fraction of sp³-hybridized carbons (Fsp3) is 0.467. The van der Waals surface area contributed by atoms with Crippen LogP contribution in [-0.2, 0) is 0 Å². The standard InChI is InChI=1S/C15H20N4OS/c1-8-7-9(2)18-15-11(8)12(16)13(21-15)14(20)19-10-3-5-17-6-4-10/h7,10,17H,3-6,16H2,1-2H3,(H,19,20). The third-order valence-electron chi connectivity index (χ3n) is 3.90. The van der Waals surface area contributed by atoms with Crippen LogP contribution in [0.2, 0.25) is 0 Å². The van der Waals surface area contributed by atoms with E-state index < -0.39 is 0 Å². The van der Waals surface area contributed by atoms with Crippen LogP contribution in [0.1, 0.15) is 33.8 Å². The number of fused-ring (bicyclic) bond motifs is 1. The van der Waals surface area contributed by atoms with Crippen molar-refractivity contribution in [3.05, 3.63) is 22.2 Å². The van der Waals surface area contributed by atoms with Crippen molar-refractivity contribution >= 4 is 33.1 Å². The van der Waals surface area contributed by atoms with Gasteiger partial charge in [0.1, 0.15) is 9.71 Å². The lowest BCUT2D eigenvalue weighted by Crippen LogP contribution is -2.42. The summed E-state index contributed by atoms with van der Waals surface area (Å²) in [7, 11) is 0. The van der Waals surface area contributed by atoms with Gasteiger partial charge >= 0.3 is 0 Å². The highest BCUT2D eigenvalue weighted by molar-refractivity contribution is 7.21. The number of carbonyl (C=O) groups excluding carboxylic acids is 1. The smallest absolute Gasteiger partial charge is 0.263 e. The summed E-state index contributed by atoms with van der Waals surface area (Å²) >= 11 is 1.39. The Labute approximate surface area is 127 Å². The Bertz CT molecular complexity index is 689. The number of thiophene rings is 1. The molecule has 2 aromatic heterocycles. The van der Waals surface area contributed by atoms with E-state index in [1.807, 2.05) is 19.9 Å². The van der Waals surface area contributed by atoms with Crippen molar-refractivity contribution < 1.29 is 4.79 Å². The lowest BCUT2D eigenvalue weighted by atomic mass is 10.1. The number of amides is 1. The molecule has 6 heteroatoms. The maximum absolute atomic E-state index is 12.5. The zero-order chi connectivity index (χ0) is 15.0. The van der Waals surface area contributed by atoms with E-state index in [0.717, 1.165) is 47.4 Å². The number of nitrogens with one attached hydrogen (secondary N) is 2. The second-order valence-corrected chi connectivity index (χ2v) is 6.60. The Morgan fingerprint density at radius 3 is 2.86 bits per heavy atom. The van der Waals surface area contributed by atoms with Crippen LogP contribution in [0.4, 0.5) is 5.69 Å². The molecule has 0 unspecified atom stereocenters. The van der Waals surface area contributed by atoms with Gasteiger partial charge in [0.15, 0.2) is 0 Å². The molecule has 5 nitrogen and oxygen atoms in total. The summed E-state index contributed by atoms with van der Waals surface area (Å²) in [6, 6.07) is 2.24. The van der Waals surface area contributed by atoms with Crippen molar-refractivity contribution in [1.29, 1.82) is 0 Å². The second kappa shape index (κ2) is 5.61. The van der Waals surface area contributed by atoms with Crippen molar-refractivity contribution in [1.82, 2.24) is 15.6 Å². The molecule has 1 fully saturated rings. The van der Waals surface area contributed by atoms with E-state index in [-0.39, 0.29) is 11.9 Å². The van der Waals surface area contributed by atoms with Gasteiger partial charge in [-0.15, -0.1) is 11.3 Å². The summed E-state index contributed by atoms with van der Waals surface area (Å²) in [6.07, 6.45) is 1.93. The normalized spacial score (nSPS) is 16.3. The molecule has 21 heavy (non-hydrogen) atoms. The monoisotopic (exact) mass is 304 g/mol. The lowest BCUT2D eigenvalue weighted by molar-refractivity contribution is 0.0934. The Kier molecular flexibility index (Phi) is 3.82. The van der Waals surface area contributed by atoms with E-state index in [1.165, 1.54) is 11.3 Å². The fourth-order valence-corrected chi connectivity index (χ4v) is 3.97. The van der Waals surface area contributed by atoms with Crippen LogP contribution in [0.5, 0.6) is 0 Å². The Morgan fingerprint density at radius 2 is 2.14 bits per heavy atom. The minimum absolute atomic E-state index is 0.0700. The summed E-state index contributed by atoms with van der Waals surface area (Å²) < 4.78 is 0. The molecule has 1 aliphatic rings. The zero-order valence-electron chi connectivity index (χ0n) is 12.3. The average molecular weight is 304 g/mol. The molecule has 0 atom stereocenters. The summed E-state index contributed by atoms with van der Waals surface area (Å²) in [5, 5.41) is 7.30. The van der Waals surface area contributed by atoms with Gasteiger partial charge in [-0.05, 0) is 51.4 Å². The molecule has 2 aromatic rings. The quantitative estimate of drug-likeness (QED) is 0.792. The molecule has 112 valence electrons. The van der Waals surface area contributed by atoms with Crippen molar-refractivity contribution in [2.75, 3.05) is 18.8 Å². The molecule has 1 aliphatic heterocycles. The molecule has 0 aromatic carbocycles. The van der Waals surface area contributed by atoms with Crippen LogP contribution in [0.25, 0.3) is 10.2 Å². The summed E-state index contributed by atoms with van der Waals surface area (Å²) in [6.45, 7) is 5.87. The zero-order valence-corrected chi connectivity index (χ0v) is 13.1. The average Bonchev–Trinajstić information content (AvgIpc) is 2.77. The molecule has 1 amide bonds. The van der Waals surface area contributed by atoms with E-state index >= 15 is 0 Å². The number of hydrogen-bond donors (Lipinski definition) is 3. The summed E-state index contributed by atoms with van der Waals surface area (Å²) in [5.74, 6) is -0.0700. The SMILES string of the molecule is Cc1cc(C)c2c(N)c(C(=O)NC3CCNCC3)sc2n1. The molecule has 0 bridgehead atoms. The Balaban J connectivity index is 1.91. The number of pyridine rings is 1. The third-order valence-corrected chi connectivity index (χ3v) is 5.00. The molecule has 1 saturated heterocycles. The number of hydrogen-bond acceptors (Lipinski definition) is 5. The Morgan fingerprint density at radius 1 is 1.43 bits per heavy atom. The maximum Gasteiger partial charge on any atom is 0.263 e. The highest BCUT2D eigenvalue weighted by atomic mass is 32.1. The number of aryl methyl sites for hydroxylation is 2. The first-order valence-electron chi connectivity index (χ1n) is 7.24. The van der Waals surface area contributed by atoms with Gasteiger partial charge in [-0.2, -0.15) is 0 Å². The first kappa shape index (κ1) is 14.3. The molecule has 0 aliphatic carbocycles. The number of piperidine rings is 1. The topological polar surface area (TPSA) is 80.0 Å². The number of anilines is 1. The van der Waals surface area contributed by atoms with E-state index in [4.69, 9.17) is 5.73 Å². The van der Waals surface area contributed by atoms with Crippen LogP contribution < -0.4 is 16.4 Å². The van der Waals surface area contributed by atoms with Gasteiger partial charge < -0.3 is 16.4 Å². The molecule has 4 N–H and O–H groups in total. The minimum Gasteiger partial charge on any atom is -0.397 e. The number of nitrogens with zero attached hydrogens (tertiary/aromatic N) is 1. The number of rotatable bonds is 2. The van der Waals surface area contributed by atoms with E-state index in [0.29, 0.717) is 10.6 Å². The van der Waals surface area contributed by atoms with Gasteiger partial charge in [-0.3, -0.25) is 4.79 Å². The highest BCUT2D eigenvalue weighted by Gasteiger charge is 2.22. The molecular weight excluding hydrogens is 284 g/mol. The molecule has 3 heterocycles. The van der Waals surface area contributed by atoms with Crippen molar-refractivity contribution in [2.24, 2.45) is 0 Å². The van der Waals surface area contributed by atoms with Gasteiger partial charge in [-0.25, -0.2) is 4.98 Å². The number of aromatic nitrogens is 1. The van der Waals surface area contributed by atoms with Crippen LogP contribution in [0, 0.1) is 13.8 Å². The van der Waals surface area contributed by atoms with Crippen LogP contribution in [0.3, 0.4) is 0 Å². The summed E-state index contributed by atoms with van der Waals surface area (Å²) in [4.78, 5) is 18.4. The largest absolute Gasteiger partial charge is 0.397 e. The van der Waals surface area contributed by atoms with E-state index in [9.17, 15) is 4.79 Å². The third kappa shape index (κ3) is 2.73. The molecule has 0 radical (unpaired) electrons. The van der Waals surface area contributed by atoms with Gasteiger partial charge in [0.05, 0.1) is 5.69 Å². The fourth-order valence-electron chi connectivity index (χ4n) is 2.86. The van der Waals surface area contributed by atoms with Crippen molar-refractivity contribution in [3.8, 4) is 0 Å². The Hall–Kier alpha value is -1.66. The van der Waals surface area contributed by atoms with Crippen LogP contribution in [0.15, 0.2) is 6.07 Å². The maximum atomic E-state index is 12.5. The van der Waals surface area contributed by atoms with Gasteiger partial charge in [0.2, 0.25) is 0 Å². The molecule has 3 rings (SSSR count). The molecule has 0 spiro atoms. The highest BCUT2D eigenvalue weighted by Crippen LogP contribution is 2.35. The van der Waals surface area contributed by atoms with E-state index in [2.05, 4.69) is 15.6 Å². The first-order chi connectivity index (χ1) is 10.1. The van der Waals surface area contributed by atoms with Gasteiger partial charge in [-0.1, -0.05) is 0 Å². The van der Waals surface area contributed by atoms with Crippen molar-refractivity contribution in [3.63, 3.8) is 0 Å². The van der Waals surface area contributed by atoms with Gasteiger partial charge in [0, 0.05) is 17.1 Å². The van der Waals surface area contributed by atoms with E-state index in [1.54, 1.807) is 0 Å². The van der Waals surface area contributed by atoms with Crippen LogP contribution in [-0.4, -0.2) is 30.0 Å².